The van der Waals surface area contributed by atoms with Gasteiger partial charge in [0.05, 0.1) is 5.69 Å². The average molecular weight is 356 g/mol. The molecule has 1 N–H and O–H groups in total. The van der Waals surface area contributed by atoms with Crippen LogP contribution in [-0.2, 0) is 16.1 Å². The van der Waals surface area contributed by atoms with Crippen LogP contribution in [0.3, 0.4) is 0 Å². The van der Waals surface area contributed by atoms with Crippen LogP contribution < -0.4 is 15.0 Å². The number of nitrogens with one attached hydrogen (secondary N) is 1. The molecule has 2 amide bonds. The molecule has 138 valence electrons. The van der Waals surface area contributed by atoms with Gasteiger partial charge in [0.1, 0.15) is 11.6 Å². The van der Waals surface area contributed by atoms with Crippen LogP contribution in [0.1, 0.15) is 19.2 Å². The lowest BCUT2D eigenvalue weighted by Crippen LogP contribution is -2.41. The Balaban J connectivity index is 1.47. The number of carbonyl (C=O) groups is 2. The van der Waals surface area contributed by atoms with E-state index in [1.165, 1.54) is 0 Å². The van der Waals surface area contributed by atoms with E-state index in [1.54, 1.807) is 11.1 Å². The average Bonchev–Trinajstić information content (AvgIpc) is 3.03. The molecular weight excluding hydrogens is 332 g/mol. The minimum Gasteiger partial charge on any atom is -0.482 e. The number of fused-ring (bicyclic) bond motifs is 1. The lowest BCUT2D eigenvalue weighted by molar-refractivity contribution is -0.122. The molecule has 1 aliphatic rings. The number of para-hydroxylation sites is 2. The number of rotatable bonds is 7. The van der Waals surface area contributed by atoms with Gasteiger partial charge in [-0.3, -0.25) is 9.59 Å². The summed E-state index contributed by atoms with van der Waals surface area (Å²) in [5, 5.41) is 2.95. The van der Waals surface area contributed by atoms with Gasteiger partial charge in [-0.1, -0.05) is 19.1 Å². The predicted octanol–water partition coefficient (Wildman–Crippen LogP) is 1.76. The Morgan fingerprint density at radius 2 is 2.19 bits per heavy atom. The Hall–Kier alpha value is -2.83. The highest BCUT2D eigenvalue weighted by Gasteiger charge is 2.25. The van der Waals surface area contributed by atoms with Crippen molar-refractivity contribution in [1.82, 2.24) is 14.9 Å². The maximum Gasteiger partial charge on any atom is 0.265 e. The number of hydrogen-bond acceptors (Lipinski definition) is 4. The highest BCUT2D eigenvalue weighted by Crippen LogP contribution is 2.31. The first-order chi connectivity index (χ1) is 12.5. The van der Waals surface area contributed by atoms with Crippen molar-refractivity contribution in [2.75, 3.05) is 24.6 Å². The van der Waals surface area contributed by atoms with Crippen LogP contribution in [0.15, 0.2) is 36.7 Å². The Morgan fingerprint density at radius 3 is 2.96 bits per heavy atom. The second-order valence-electron chi connectivity index (χ2n) is 6.59. The van der Waals surface area contributed by atoms with Crippen LogP contribution >= 0.6 is 0 Å². The zero-order chi connectivity index (χ0) is 18.5. The fourth-order valence-corrected chi connectivity index (χ4v) is 2.99. The first-order valence-corrected chi connectivity index (χ1v) is 8.81. The van der Waals surface area contributed by atoms with Gasteiger partial charge in [-0.25, -0.2) is 4.98 Å². The topological polar surface area (TPSA) is 76.5 Å². The number of imidazole rings is 1. The Morgan fingerprint density at radius 1 is 1.38 bits per heavy atom. The molecule has 1 atom stereocenters. The molecule has 2 heterocycles. The summed E-state index contributed by atoms with van der Waals surface area (Å²) in [5.41, 5.74) is 0.723. The molecule has 0 saturated heterocycles. The molecule has 1 aromatic heterocycles. The lowest BCUT2D eigenvalue weighted by atomic mass is 10.1. The second kappa shape index (κ2) is 8.03. The van der Waals surface area contributed by atoms with Crippen molar-refractivity contribution in [3.05, 3.63) is 42.5 Å². The summed E-state index contributed by atoms with van der Waals surface area (Å²) >= 11 is 0. The van der Waals surface area contributed by atoms with Crippen molar-refractivity contribution >= 4 is 17.5 Å². The molecule has 26 heavy (non-hydrogen) atoms. The van der Waals surface area contributed by atoms with Gasteiger partial charge in [0.15, 0.2) is 6.61 Å². The monoisotopic (exact) mass is 356 g/mol. The molecule has 1 aliphatic heterocycles. The third-order valence-electron chi connectivity index (χ3n) is 4.45. The van der Waals surface area contributed by atoms with E-state index in [1.807, 2.05) is 37.4 Å². The molecule has 3 rings (SSSR count). The minimum atomic E-state index is -0.125. The van der Waals surface area contributed by atoms with Crippen molar-refractivity contribution in [3.63, 3.8) is 0 Å². The summed E-state index contributed by atoms with van der Waals surface area (Å²) in [4.78, 5) is 30.1. The van der Waals surface area contributed by atoms with Crippen LogP contribution in [0.4, 0.5) is 5.69 Å². The maximum absolute atomic E-state index is 12.2. The van der Waals surface area contributed by atoms with Gasteiger partial charge < -0.3 is 19.5 Å². The quantitative estimate of drug-likeness (QED) is 0.820. The number of hydrogen-bond donors (Lipinski definition) is 1. The molecule has 1 aromatic carbocycles. The van der Waals surface area contributed by atoms with Crippen LogP contribution in [0.2, 0.25) is 0 Å². The fourth-order valence-electron chi connectivity index (χ4n) is 2.99. The summed E-state index contributed by atoms with van der Waals surface area (Å²) in [6, 6.07) is 7.38. The number of aromatic nitrogens is 2. The first-order valence-electron chi connectivity index (χ1n) is 8.81. The van der Waals surface area contributed by atoms with E-state index in [0.717, 1.165) is 18.1 Å². The molecule has 0 saturated carbocycles. The first kappa shape index (κ1) is 18.0. The van der Waals surface area contributed by atoms with Crippen LogP contribution in [0.5, 0.6) is 5.75 Å². The number of carbonyl (C=O) groups excluding carboxylic acids is 2. The third kappa shape index (κ3) is 4.22. The number of anilines is 1. The van der Waals surface area contributed by atoms with Gasteiger partial charge in [-0.2, -0.15) is 0 Å². The zero-order valence-corrected chi connectivity index (χ0v) is 15.1. The van der Waals surface area contributed by atoms with Crippen molar-refractivity contribution < 1.29 is 14.3 Å². The summed E-state index contributed by atoms with van der Waals surface area (Å²) in [6.07, 6.45) is 3.98. The van der Waals surface area contributed by atoms with E-state index in [9.17, 15) is 9.59 Å². The number of benzene rings is 1. The maximum atomic E-state index is 12.2. The number of nitrogens with zero attached hydrogens (tertiary/aromatic N) is 3. The summed E-state index contributed by atoms with van der Waals surface area (Å²) in [5.74, 6) is 1.75. The standard InChI is InChI=1S/C19H24N4O3/c1-14(12-22-10-8-20-15(22)2)11-21-18(24)7-9-23-16-5-3-4-6-17(16)26-13-19(23)25/h3-6,8,10,14H,7,9,11-13H2,1-2H3,(H,21,24)/t14-/m0/s1. The van der Waals surface area contributed by atoms with Gasteiger partial charge in [-0.05, 0) is 25.0 Å². The van der Waals surface area contributed by atoms with Crippen LogP contribution in [0.25, 0.3) is 0 Å². The van der Waals surface area contributed by atoms with E-state index >= 15 is 0 Å². The number of aryl methyl sites for hydroxylation is 1. The van der Waals surface area contributed by atoms with E-state index < -0.39 is 0 Å². The highest BCUT2D eigenvalue weighted by molar-refractivity contribution is 5.98. The van der Waals surface area contributed by atoms with Gasteiger partial charge in [0.2, 0.25) is 5.91 Å². The molecule has 0 unspecified atom stereocenters. The molecule has 2 aromatic rings. The molecule has 0 radical (unpaired) electrons. The molecule has 7 nitrogen and oxygen atoms in total. The van der Waals surface area contributed by atoms with Crippen LogP contribution in [-0.4, -0.2) is 41.1 Å². The van der Waals surface area contributed by atoms with E-state index in [4.69, 9.17) is 4.74 Å². The Kier molecular flexibility index (Phi) is 5.55. The largest absolute Gasteiger partial charge is 0.482 e. The van der Waals surface area contributed by atoms with Gasteiger partial charge in [0.25, 0.3) is 5.91 Å². The van der Waals surface area contributed by atoms with Crippen molar-refractivity contribution in [2.24, 2.45) is 5.92 Å². The molecule has 0 spiro atoms. The van der Waals surface area contributed by atoms with E-state index in [2.05, 4.69) is 21.8 Å². The van der Waals surface area contributed by atoms with Crippen molar-refractivity contribution in [1.29, 1.82) is 0 Å². The fraction of sp³-hybridized carbons (Fsp3) is 0.421. The molecular formula is C19H24N4O3. The summed E-state index contributed by atoms with van der Waals surface area (Å²) < 4.78 is 7.48. The summed E-state index contributed by atoms with van der Waals surface area (Å²) in [6.45, 7) is 5.80. The Bertz CT molecular complexity index is 787. The van der Waals surface area contributed by atoms with Crippen LogP contribution in [0, 0.1) is 12.8 Å². The van der Waals surface area contributed by atoms with Crippen molar-refractivity contribution in [3.8, 4) is 5.75 Å². The van der Waals surface area contributed by atoms with E-state index in [0.29, 0.717) is 18.8 Å². The highest BCUT2D eigenvalue weighted by atomic mass is 16.5. The summed E-state index contributed by atoms with van der Waals surface area (Å²) in [7, 11) is 0. The molecule has 7 heteroatoms. The predicted molar refractivity (Wildman–Crippen MR) is 98.0 cm³/mol. The molecule has 0 fully saturated rings. The van der Waals surface area contributed by atoms with Gasteiger partial charge in [0, 0.05) is 38.4 Å². The number of amides is 2. The van der Waals surface area contributed by atoms with Crippen molar-refractivity contribution in [2.45, 2.75) is 26.8 Å². The molecule has 0 aliphatic carbocycles. The Labute approximate surface area is 153 Å². The van der Waals surface area contributed by atoms with Gasteiger partial charge in [-0.15, -0.1) is 0 Å². The normalized spacial score (nSPS) is 14.5. The minimum absolute atomic E-state index is 0.0138. The zero-order valence-electron chi connectivity index (χ0n) is 15.1. The smallest absolute Gasteiger partial charge is 0.265 e. The lowest BCUT2D eigenvalue weighted by Gasteiger charge is -2.29. The second-order valence-corrected chi connectivity index (χ2v) is 6.59. The van der Waals surface area contributed by atoms with Gasteiger partial charge >= 0.3 is 0 Å². The number of ether oxygens (including phenoxy) is 1. The third-order valence-corrected chi connectivity index (χ3v) is 4.45. The SMILES string of the molecule is Cc1nccn1C[C@@H](C)CNC(=O)CCN1C(=O)COc2ccccc21. The molecule has 0 bridgehead atoms. The van der Waals surface area contributed by atoms with E-state index in [-0.39, 0.29) is 30.8 Å².